The number of halogens is 1. The monoisotopic (exact) mass is 382 g/mol. The van der Waals surface area contributed by atoms with E-state index in [4.69, 9.17) is 11.6 Å². The summed E-state index contributed by atoms with van der Waals surface area (Å²) in [5.41, 5.74) is 6.42. The van der Waals surface area contributed by atoms with E-state index in [0.29, 0.717) is 10.6 Å². The largest absolute Gasteiger partial charge is 0.272 e. The summed E-state index contributed by atoms with van der Waals surface area (Å²) in [6.07, 6.45) is 2.93. The van der Waals surface area contributed by atoms with Gasteiger partial charge in [-0.2, -0.15) is 0 Å². The van der Waals surface area contributed by atoms with Gasteiger partial charge >= 0.3 is 0 Å². The summed E-state index contributed by atoms with van der Waals surface area (Å²) >= 11 is 5.91. The molecule has 0 radical (unpaired) electrons. The summed E-state index contributed by atoms with van der Waals surface area (Å²) in [5, 5.41) is 11.5. The first-order chi connectivity index (χ1) is 13.1. The first kappa shape index (κ1) is 17.2. The van der Waals surface area contributed by atoms with E-state index >= 15 is 0 Å². The summed E-state index contributed by atoms with van der Waals surface area (Å²) in [6.45, 7) is 0. The van der Waals surface area contributed by atoms with Gasteiger partial charge in [-0.15, -0.1) is 5.10 Å². The highest BCUT2D eigenvalue weighted by molar-refractivity contribution is 6.30. The van der Waals surface area contributed by atoms with Gasteiger partial charge in [-0.05, 0) is 65.2 Å². The van der Waals surface area contributed by atoms with Crippen molar-refractivity contribution in [1.29, 1.82) is 0 Å². The molecule has 1 heterocycles. The van der Waals surface area contributed by atoms with Crippen molar-refractivity contribution in [2.24, 2.45) is 0 Å². The molecule has 4 rings (SSSR count). The summed E-state index contributed by atoms with van der Waals surface area (Å²) in [5.74, 6) is -0.637. The van der Waals surface area contributed by atoms with Gasteiger partial charge in [-0.25, -0.2) is 4.68 Å². The number of rotatable bonds is 4. The SMILES string of the molecule is O=C(NNC(=O)C1(c2ccc(Cl)cc2)CC1)c1ccc(-n2cnnn2)cc1. The molecule has 0 unspecified atom stereocenters. The van der Waals surface area contributed by atoms with Crippen molar-refractivity contribution in [1.82, 2.24) is 31.1 Å². The lowest BCUT2D eigenvalue weighted by Crippen LogP contribution is -2.46. The van der Waals surface area contributed by atoms with Crippen LogP contribution >= 0.6 is 11.6 Å². The van der Waals surface area contributed by atoms with Crippen molar-refractivity contribution in [2.45, 2.75) is 18.3 Å². The summed E-state index contributed by atoms with van der Waals surface area (Å²) in [7, 11) is 0. The van der Waals surface area contributed by atoms with Crippen molar-refractivity contribution in [2.75, 3.05) is 0 Å². The summed E-state index contributed by atoms with van der Waals surface area (Å²) < 4.78 is 1.48. The molecule has 27 heavy (non-hydrogen) atoms. The molecule has 0 bridgehead atoms. The topological polar surface area (TPSA) is 102 Å². The Labute approximate surface area is 159 Å². The number of nitrogens with one attached hydrogen (secondary N) is 2. The second-order valence-electron chi connectivity index (χ2n) is 6.30. The lowest BCUT2D eigenvalue weighted by Gasteiger charge is -2.16. The Balaban J connectivity index is 1.39. The van der Waals surface area contributed by atoms with Gasteiger partial charge in [-0.3, -0.25) is 20.4 Å². The van der Waals surface area contributed by atoms with Crippen LogP contribution in [0.3, 0.4) is 0 Å². The number of benzene rings is 2. The predicted molar refractivity (Wildman–Crippen MR) is 97.1 cm³/mol. The number of nitrogens with zero attached hydrogens (tertiary/aromatic N) is 4. The van der Waals surface area contributed by atoms with E-state index in [1.807, 2.05) is 12.1 Å². The maximum absolute atomic E-state index is 12.6. The van der Waals surface area contributed by atoms with E-state index in [2.05, 4.69) is 26.4 Å². The number of hydrazine groups is 1. The van der Waals surface area contributed by atoms with Crippen LogP contribution in [0.15, 0.2) is 54.9 Å². The fraction of sp³-hybridized carbons (Fsp3) is 0.167. The van der Waals surface area contributed by atoms with Crippen LogP contribution in [0.5, 0.6) is 0 Å². The van der Waals surface area contributed by atoms with E-state index in [1.165, 1.54) is 11.0 Å². The van der Waals surface area contributed by atoms with Crippen LogP contribution in [-0.2, 0) is 10.2 Å². The Hall–Kier alpha value is -3.26. The quantitative estimate of drug-likeness (QED) is 0.670. The predicted octanol–water partition coefficient (Wildman–Crippen LogP) is 1.81. The molecular formula is C18H15ClN6O2. The number of amides is 2. The zero-order valence-electron chi connectivity index (χ0n) is 14.1. The third-order valence-electron chi connectivity index (χ3n) is 4.61. The summed E-state index contributed by atoms with van der Waals surface area (Å²) in [6, 6.07) is 13.9. The Morgan fingerprint density at radius 1 is 1.00 bits per heavy atom. The highest BCUT2D eigenvalue weighted by Gasteiger charge is 2.51. The van der Waals surface area contributed by atoms with Gasteiger partial charge in [0.1, 0.15) is 6.33 Å². The molecule has 136 valence electrons. The standard InChI is InChI=1S/C18H15ClN6O2/c19-14-5-3-13(4-6-14)18(9-10-18)17(27)22-21-16(26)12-1-7-15(8-2-12)25-11-20-23-24-25/h1-8,11H,9-10H2,(H,21,26)(H,22,27). The molecule has 0 saturated heterocycles. The Morgan fingerprint density at radius 3 is 2.30 bits per heavy atom. The van der Waals surface area contributed by atoms with Crippen LogP contribution in [0, 0.1) is 0 Å². The van der Waals surface area contributed by atoms with Gasteiger partial charge < -0.3 is 0 Å². The molecule has 2 amide bonds. The molecule has 1 fully saturated rings. The second kappa shape index (κ2) is 6.81. The van der Waals surface area contributed by atoms with Crippen molar-refractivity contribution in [3.05, 3.63) is 71.0 Å². The minimum Gasteiger partial charge on any atom is -0.272 e. The number of tetrazole rings is 1. The van der Waals surface area contributed by atoms with E-state index in [0.717, 1.165) is 24.1 Å². The second-order valence-corrected chi connectivity index (χ2v) is 6.73. The lowest BCUT2D eigenvalue weighted by molar-refractivity contribution is -0.124. The molecule has 3 aromatic rings. The van der Waals surface area contributed by atoms with Crippen LogP contribution in [0.1, 0.15) is 28.8 Å². The van der Waals surface area contributed by atoms with Gasteiger partial charge in [0.05, 0.1) is 11.1 Å². The average molecular weight is 383 g/mol. The zero-order valence-corrected chi connectivity index (χ0v) is 14.8. The molecule has 2 N–H and O–H groups in total. The zero-order chi connectivity index (χ0) is 18.9. The van der Waals surface area contributed by atoms with Crippen molar-refractivity contribution in [3.63, 3.8) is 0 Å². The maximum atomic E-state index is 12.6. The molecule has 0 aliphatic heterocycles. The molecule has 1 aliphatic carbocycles. The number of hydrogen-bond donors (Lipinski definition) is 2. The molecule has 1 saturated carbocycles. The van der Waals surface area contributed by atoms with Gasteiger partial charge in [-0.1, -0.05) is 23.7 Å². The fourth-order valence-electron chi connectivity index (χ4n) is 2.89. The number of hydrogen-bond acceptors (Lipinski definition) is 5. The van der Waals surface area contributed by atoms with Crippen LogP contribution in [0.25, 0.3) is 5.69 Å². The smallest absolute Gasteiger partial charge is 0.269 e. The molecule has 0 atom stereocenters. The lowest BCUT2D eigenvalue weighted by atomic mass is 9.95. The average Bonchev–Trinajstić information content (AvgIpc) is 3.32. The van der Waals surface area contributed by atoms with Crippen LogP contribution in [0.2, 0.25) is 5.02 Å². The molecular weight excluding hydrogens is 368 g/mol. The van der Waals surface area contributed by atoms with Gasteiger partial charge in [0, 0.05) is 10.6 Å². The molecule has 1 aromatic heterocycles. The maximum Gasteiger partial charge on any atom is 0.269 e. The Morgan fingerprint density at radius 2 is 1.70 bits per heavy atom. The van der Waals surface area contributed by atoms with E-state index < -0.39 is 11.3 Å². The van der Waals surface area contributed by atoms with Gasteiger partial charge in [0.15, 0.2) is 0 Å². The van der Waals surface area contributed by atoms with E-state index in [1.54, 1.807) is 36.4 Å². The summed E-state index contributed by atoms with van der Waals surface area (Å²) in [4.78, 5) is 24.9. The van der Waals surface area contributed by atoms with Gasteiger partial charge in [0.25, 0.3) is 5.91 Å². The number of carbonyl (C=O) groups excluding carboxylic acids is 2. The van der Waals surface area contributed by atoms with Crippen LogP contribution in [-0.4, -0.2) is 32.0 Å². The highest BCUT2D eigenvalue weighted by Crippen LogP contribution is 2.48. The minimum absolute atomic E-state index is 0.233. The molecule has 0 spiro atoms. The molecule has 1 aliphatic rings. The van der Waals surface area contributed by atoms with Crippen molar-refractivity contribution < 1.29 is 9.59 Å². The number of aromatic nitrogens is 4. The third kappa shape index (κ3) is 3.39. The minimum atomic E-state index is -0.595. The third-order valence-corrected chi connectivity index (χ3v) is 4.87. The number of carbonyl (C=O) groups is 2. The van der Waals surface area contributed by atoms with Gasteiger partial charge in [0.2, 0.25) is 5.91 Å². The molecule has 8 nitrogen and oxygen atoms in total. The molecule has 2 aromatic carbocycles. The fourth-order valence-corrected chi connectivity index (χ4v) is 3.02. The van der Waals surface area contributed by atoms with E-state index in [-0.39, 0.29) is 5.91 Å². The Kier molecular flexibility index (Phi) is 4.33. The van der Waals surface area contributed by atoms with Crippen molar-refractivity contribution in [3.8, 4) is 5.69 Å². The Bertz CT molecular complexity index is 966. The first-order valence-electron chi connectivity index (χ1n) is 8.29. The van der Waals surface area contributed by atoms with Crippen molar-refractivity contribution >= 4 is 23.4 Å². The highest BCUT2D eigenvalue weighted by atomic mass is 35.5. The molecule has 9 heteroatoms. The first-order valence-corrected chi connectivity index (χ1v) is 8.67. The van der Waals surface area contributed by atoms with Crippen LogP contribution in [0.4, 0.5) is 0 Å². The van der Waals surface area contributed by atoms with E-state index in [9.17, 15) is 9.59 Å². The van der Waals surface area contributed by atoms with Crippen LogP contribution < -0.4 is 10.9 Å². The normalized spacial score (nSPS) is 14.4.